The summed E-state index contributed by atoms with van der Waals surface area (Å²) in [5.41, 5.74) is 0.666. The fraction of sp³-hybridized carbons (Fsp3) is 0. The Bertz CT molecular complexity index is 649. The molecule has 0 bridgehead atoms. The molecule has 1 aliphatic rings. The Labute approximate surface area is 114 Å². The van der Waals surface area contributed by atoms with Crippen LogP contribution in [0.5, 0.6) is 5.75 Å². The Hall–Kier alpha value is -2.33. The van der Waals surface area contributed by atoms with Gasteiger partial charge in [0, 0.05) is 0 Å². The van der Waals surface area contributed by atoms with E-state index in [0.29, 0.717) is 16.1 Å². The van der Waals surface area contributed by atoms with Crippen molar-refractivity contribution in [3.63, 3.8) is 0 Å². The first kappa shape index (κ1) is 11.7. The minimum absolute atomic E-state index is 0.263. The van der Waals surface area contributed by atoms with Crippen molar-refractivity contribution < 1.29 is 14.4 Å². The number of benzene rings is 2. The third-order valence-corrected chi connectivity index (χ3v) is 3.10. The van der Waals surface area contributed by atoms with Gasteiger partial charge in [-0.2, -0.15) is 0 Å². The van der Waals surface area contributed by atoms with Gasteiger partial charge in [-0.15, -0.1) is 0 Å². The van der Waals surface area contributed by atoms with E-state index in [1.807, 2.05) is 0 Å². The van der Waals surface area contributed by atoms with Crippen LogP contribution in [0.2, 0.25) is 5.02 Å². The maximum Gasteiger partial charge on any atom is 0.295 e. The highest BCUT2D eigenvalue weighted by Gasteiger charge is 2.37. The fourth-order valence-corrected chi connectivity index (χ4v) is 2.04. The average molecular weight is 274 g/mol. The number of hydroxylamine groups is 2. The van der Waals surface area contributed by atoms with Gasteiger partial charge >= 0.3 is 0 Å². The summed E-state index contributed by atoms with van der Waals surface area (Å²) in [5.74, 6) is -0.709. The number of imide groups is 1. The number of hydrogen-bond acceptors (Lipinski definition) is 3. The molecule has 1 aliphatic heterocycles. The molecule has 0 aliphatic carbocycles. The lowest BCUT2D eigenvalue weighted by Crippen LogP contribution is -2.33. The van der Waals surface area contributed by atoms with Gasteiger partial charge in [0.1, 0.15) is 0 Å². The quantitative estimate of drug-likeness (QED) is 0.791. The van der Waals surface area contributed by atoms with Gasteiger partial charge in [-0.3, -0.25) is 9.59 Å². The van der Waals surface area contributed by atoms with Gasteiger partial charge in [-0.05, 0) is 24.3 Å². The number of carbonyl (C=O) groups excluding carboxylic acids is 2. The maximum atomic E-state index is 12.1. The van der Waals surface area contributed by atoms with Gasteiger partial charge in [0.25, 0.3) is 11.8 Å². The summed E-state index contributed by atoms with van der Waals surface area (Å²) in [6.07, 6.45) is 0. The van der Waals surface area contributed by atoms with Gasteiger partial charge in [0.05, 0.1) is 16.1 Å². The van der Waals surface area contributed by atoms with E-state index in [0.717, 1.165) is 5.06 Å². The van der Waals surface area contributed by atoms with E-state index in [1.54, 1.807) is 48.5 Å². The lowest BCUT2D eigenvalue weighted by Gasteiger charge is -2.14. The van der Waals surface area contributed by atoms with Crippen molar-refractivity contribution in [2.24, 2.45) is 0 Å². The van der Waals surface area contributed by atoms with E-state index < -0.39 is 11.8 Å². The molecule has 0 atom stereocenters. The van der Waals surface area contributed by atoms with E-state index >= 15 is 0 Å². The topological polar surface area (TPSA) is 46.6 Å². The van der Waals surface area contributed by atoms with Crippen LogP contribution in [0, 0.1) is 0 Å². The molecule has 94 valence electrons. The van der Waals surface area contributed by atoms with Crippen molar-refractivity contribution in [1.29, 1.82) is 0 Å². The zero-order chi connectivity index (χ0) is 13.4. The second-order valence-electron chi connectivity index (χ2n) is 3.97. The van der Waals surface area contributed by atoms with Crippen molar-refractivity contribution in [2.45, 2.75) is 0 Å². The summed E-state index contributed by atoms with van der Waals surface area (Å²) in [5, 5.41) is 1.06. The van der Waals surface area contributed by atoms with Crippen LogP contribution in [0.15, 0.2) is 48.5 Å². The second kappa shape index (κ2) is 4.40. The van der Waals surface area contributed by atoms with E-state index in [1.165, 1.54) is 0 Å². The zero-order valence-corrected chi connectivity index (χ0v) is 10.4. The predicted molar refractivity (Wildman–Crippen MR) is 69.0 cm³/mol. The number of nitrogens with zero attached hydrogens (tertiary/aromatic N) is 1. The van der Waals surface area contributed by atoms with Crippen LogP contribution in [-0.4, -0.2) is 16.9 Å². The number of para-hydroxylation sites is 1. The Kier molecular flexibility index (Phi) is 2.72. The van der Waals surface area contributed by atoms with Gasteiger partial charge < -0.3 is 4.84 Å². The molecule has 5 heteroatoms. The third-order valence-electron chi connectivity index (χ3n) is 2.78. The zero-order valence-electron chi connectivity index (χ0n) is 9.67. The van der Waals surface area contributed by atoms with E-state index in [4.69, 9.17) is 16.4 Å². The van der Waals surface area contributed by atoms with Crippen LogP contribution in [0.1, 0.15) is 20.7 Å². The Balaban J connectivity index is 1.95. The molecule has 0 unspecified atom stereocenters. The largest absolute Gasteiger partial charge is 0.367 e. The summed E-state index contributed by atoms with van der Waals surface area (Å²) in [7, 11) is 0. The molecule has 0 fully saturated rings. The van der Waals surface area contributed by atoms with Crippen LogP contribution >= 0.6 is 11.6 Å². The fourth-order valence-electron chi connectivity index (χ4n) is 1.87. The molecule has 0 N–H and O–H groups in total. The van der Waals surface area contributed by atoms with Gasteiger partial charge in [-0.25, -0.2) is 0 Å². The van der Waals surface area contributed by atoms with Crippen LogP contribution in [-0.2, 0) is 0 Å². The standard InChI is InChI=1S/C14H8ClNO3/c15-11-7-3-4-8-12(11)19-16-13(17)9-5-1-2-6-10(9)14(16)18/h1-8H. The molecule has 1 heterocycles. The molecule has 0 saturated carbocycles. The highest BCUT2D eigenvalue weighted by atomic mass is 35.5. The molecule has 2 aromatic rings. The molecule has 0 aromatic heterocycles. The van der Waals surface area contributed by atoms with Crippen LogP contribution in [0.25, 0.3) is 0 Å². The first-order chi connectivity index (χ1) is 9.18. The number of carbonyl (C=O) groups is 2. The highest BCUT2D eigenvalue weighted by Crippen LogP contribution is 2.28. The molecule has 3 rings (SSSR count). The molecule has 2 amide bonds. The van der Waals surface area contributed by atoms with Crippen molar-refractivity contribution in [1.82, 2.24) is 5.06 Å². The minimum Gasteiger partial charge on any atom is -0.367 e. The molecule has 0 radical (unpaired) electrons. The van der Waals surface area contributed by atoms with Gasteiger partial charge in [0.15, 0.2) is 5.75 Å². The van der Waals surface area contributed by atoms with Crippen molar-refractivity contribution in [3.05, 3.63) is 64.7 Å². The number of halogens is 1. The second-order valence-corrected chi connectivity index (χ2v) is 4.38. The van der Waals surface area contributed by atoms with Crippen LogP contribution < -0.4 is 4.84 Å². The van der Waals surface area contributed by atoms with Gasteiger partial charge in [0.2, 0.25) is 0 Å². The molecule has 0 saturated heterocycles. The predicted octanol–water partition coefficient (Wildman–Crippen LogP) is 2.93. The molecule has 0 spiro atoms. The third kappa shape index (κ3) is 1.86. The number of rotatable bonds is 2. The van der Waals surface area contributed by atoms with E-state index in [2.05, 4.69) is 0 Å². The Morgan fingerprint density at radius 2 is 1.37 bits per heavy atom. The number of fused-ring (bicyclic) bond motifs is 1. The minimum atomic E-state index is -0.486. The lowest BCUT2D eigenvalue weighted by molar-refractivity contribution is -0.0140. The van der Waals surface area contributed by atoms with Crippen LogP contribution in [0.3, 0.4) is 0 Å². The summed E-state index contributed by atoms with van der Waals surface area (Å²) in [6.45, 7) is 0. The van der Waals surface area contributed by atoms with Crippen LogP contribution in [0.4, 0.5) is 0 Å². The highest BCUT2D eigenvalue weighted by molar-refractivity contribution is 6.32. The summed E-state index contributed by atoms with van der Waals surface area (Å²) in [6, 6.07) is 13.2. The monoisotopic (exact) mass is 273 g/mol. The smallest absolute Gasteiger partial charge is 0.295 e. The normalized spacial score (nSPS) is 13.6. The van der Waals surface area contributed by atoms with E-state index in [-0.39, 0.29) is 5.75 Å². The van der Waals surface area contributed by atoms with Crippen molar-refractivity contribution in [3.8, 4) is 5.75 Å². The van der Waals surface area contributed by atoms with Crippen molar-refractivity contribution >= 4 is 23.4 Å². The average Bonchev–Trinajstić information content (AvgIpc) is 2.67. The Morgan fingerprint density at radius 3 is 1.95 bits per heavy atom. The SMILES string of the molecule is O=C1c2ccccc2C(=O)N1Oc1ccccc1Cl. The number of hydrogen-bond donors (Lipinski definition) is 0. The lowest BCUT2D eigenvalue weighted by atomic mass is 10.1. The summed E-state index contributed by atoms with van der Waals surface area (Å²) in [4.78, 5) is 29.4. The molecular weight excluding hydrogens is 266 g/mol. The molecule has 2 aromatic carbocycles. The first-order valence-electron chi connectivity index (χ1n) is 5.59. The Morgan fingerprint density at radius 1 is 0.842 bits per heavy atom. The van der Waals surface area contributed by atoms with Gasteiger partial charge in [-0.1, -0.05) is 40.9 Å². The van der Waals surface area contributed by atoms with Crippen molar-refractivity contribution in [2.75, 3.05) is 0 Å². The van der Waals surface area contributed by atoms with E-state index in [9.17, 15) is 9.59 Å². The molecular formula is C14H8ClNO3. The molecule has 19 heavy (non-hydrogen) atoms. The summed E-state index contributed by atoms with van der Waals surface area (Å²) >= 11 is 5.94. The molecule has 4 nitrogen and oxygen atoms in total. The number of amides is 2. The summed E-state index contributed by atoms with van der Waals surface area (Å²) < 4.78 is 0. The maximum absolute atomic E-state index is 12.1. The first-order valence-corrected chi connectivity index (χ1v) is 5.96.